The Morgan fingerprint density at radius 3 is 2.89 bits per heavy atom. The van der Waals surface area contributed by atoms with E-state index in [1.54, 1.807) is 0 Å². The fraction of sp³-hybridized carbons (Fsp3) is 0.364. The number of rotatable bonds is 2. The van der Waals surface area contributed by atoms with Gasteiger partial charge in [0.1, 0.15) is 6.04 Å². The molecule has 19 heavy (non-hydrogen) atoms. The van der Waals surface area contributed by atoms with Crippen molar-refractivity contribution in [3.8, 4) is 6.07 Å². The van der Waals surface area contributed by atoms with Gasteiger partial charge in [-0.05, 0) is 34.1 Å². The maximum Gasteiger partial charge on any atom is 0.244 e. The average Bonchev–Trinajstić information content (AvgIpc) is 2.41. The van der Waals surface area contributed by atoms with Crippen LogP contribution in [-0.4, -0.2) is 38.4 Å². The Kier molecular flexibility index (Phi) is 4.48. The Hall–Kier alpha value is -0.650. The Labute approximate surface area is 125 Å². The molecule has 1 atom stereocenters. The molecule has 102 valence electrons. The van der Waals surface area contributed by atoms with Crippen molar-refractivity contribution in [1.82, 2.24) is 9.62 Å². The van der Waals surface area contributed by atoms with Gasteiger partial charge in [0, 0.05) is 24.1 Å². The van der Waals surface area contributed by atoms with E-state index in [1.807, 2.05) is 6.07 Å². The molecule has 0 bridgehead atoms. The van der Waals surface area contributed by atoms with Crippen LogP contribution in [0.3, 0.4) is 0 Å². The first-order valence-corrected chi connectivity index (χ1v) is 8.15. The van der Waals surface area contributed by atoms with Crippen LogP contribution >= 0.6 is 27.5 Å². The predicted octanol–water partition coefficient (Wildman–Crippen LogP) is 1.59. The molecule has 0 aliphatic carbocycles. The van der Waals surface area contributed by atoms with Gasteiger partial charge in [-0.3, -0.25) is 0 Å². The van der Waals surface area contributed by atoms with Gasteiger partial charge in [0.15, 0.2) is 0 Å². The smallest absolute Gasteiger partial charge is 0.244 e. The number of hydrogen-bond donors (Lipinski definition) is 1. The molecule has 1 saturated heterocycles. The number of piperazine rings is 1. The number of nitriles is 1. The summed E-state index contributed by atoms with van der Waals surface area (Å²) in [6, 6.07) is 5.73. The van der Waals surface area contributed by atoms with Crippen LogP contribution < -0.4 is 5.32 Å². The summed E-state index contributed by atoms with van der Waals surface area (Å²) in [6.07, 6.45) is 0. The summed E-state index contributed by atoms with van der Waals surface area (Å²) in [5, 5.41) is 12.5. The Balaban J connectivity index is 2.41. The van der Waals surface area contributed by atoms with E-state index in [9.17, 15) is 8.42 Å². The van der Waals surface area contributed by atoms with E-state index in [2.05, 4.69) is 21.2 Å². The van der Waals surface area contributed by atoms with Crippen LogP contribution in [0.5, 0.6) is 0 Å². The predicted molar refractivity (Wildman–Crippen MR) is 75.3 cm³/mol. The zero-order chi connectivity index (χ0) is 14.0. The number of sulfonamides is 1. The summed E-state index contributed by atoms with van der Waals surface area (Å²) in [5.74, 6) is 0. The Morgan fingerprint density at radius 1 is 1.53 bits per heavy atom. The summed E-state index contributed by atoms with van der Waals surface area (Å²) in [5.41, 5.74) is 0. The molecule has 1 N–H and O–H groups in total. The molecule has 1 aliphatic rings. The second-order valence-electron chi connectivity index (χ2n) is 4.04. The first kappa shape index (κ1) is 14.8. The van der Waals surface area contributed by atoms with Crippen molar-refractivity contribution in [2.75, 3.05) is 19.6 Å². The van der Waals surface area contributed by atoms with Crippen molar-refractivity contribution in [1.29, 1.82) is 5.26 Å². The van der Waals surface area contributed by atoms with Crippen LogP contribution in [0.4, 0.5) is 0 Å². The van der Waals surface area contributed by atoms with E-state index in [0.717, 1.165) is 0 Å². The third-order valence-electron chi connectivity index (χ3n) is 2.84. The second kappa shape index (κ2) is 5.77. The van der Waals surface area contributed by atoms with E-state index >= 15 is 0 Å². The standard InChI is InChI=1S/C11H11BrClN3O2S/c12-10-5-9(1-2-11(10)13)19(17,18)16-4-3-15-7-8(16)6-14/h1-2,5,8,15H,3-4,7H2. The lowest BCUT2D eigenvalue weighted by molar-refractivity contribution is 0.312. The average molecular weight is 365 g/mol. The fourth-order valence-electron chi connectivity index (χ4n) is 1.86. The highest BCUT2D eigenvalue weighted by molar-refractivity contribution is 9.10. The topological polar surface area (TPSA) is 73.2 Å². The molecule has 0 saturated carbocycles. The maximum atomic E-state index is 12.5. The molecule has 1 heterocycles. The minimum atomic E-state index is -3.68. The van der Waals surface area contributed by atoms with Gasteiger partial charge in [0.25, 0.3) is 0 Å². The third kappa shape index (κ3) is 2.93. The van der Waals surface area contributed by atoms with Crippen LogP contribution in [0.15, 0.2) is 27.6 Å². The molecule has 0 amide bonds. The molecule has 1 unspecified atom stereocenters. The molecule has 1 aromatic rings. The molecule has 0 aromatic heterocycles. The van der Waals surface area contributed by atoms with Gasteiger partial charge in [0.2, 0.25) is 10.0 Å². The van der Waals surface area contributed by atoms with Crippen LogP contribution in [0, 0.1) is 11.3 Å². The Morgan fingerprint density at radius 2 is 2.26 bits per heavy atom. The summed E-state index contributed by atoms with van der Waals surface area (Å²) < 4.78 is 26.7. The fourth-order valence-corrected chi connectivity index (χ4v) is 4.07. The van der Waals surface area contributed by atoms with Crippen molar-refractivity contribution >= 4 is 37.6 Å². The van der Waals surface area contributed by atoms with Crippen LogP contribution in [0.25, 0.3) is 0 Å². The second-order valence-corrected chi connectivity index (χ2v) is 7.19. The molecule has 1 aliphatic heterocycles. The first-order chi connectivity index (χ1) is 8.96. The van der Waals surface area contributed by atoms with Crippen molar-refractivity contribution in [2.45, 2.75) is 10.9 Å². The van der Waals surface area contributed by atoms with Gasteiger partial charge >= 0.3 is 0 Å². The quantitative estimate of drug-likeness (QED) is 0.865. The van der Waals surface area contributed by atoms with Gasteiger partial charge < -0.3 is 5.32 Å². The van der Waals surface area contributed by atoms with Crippen LogP contribution in [-0.2, 0) is 10.0 Å². The number of nitrogens with one attached hydrogen (secondary N) is 1. The van der Waals surface area contributed by atoms with E-state index < -0.39 is 16.1 Å². The van der Waals surface area contributed by atoms with Crippen molar-refractivity contribution < 1.29 is 8.42 Å². The zero-order valence-corrected chi connectivity index (χ0v) is 13.0. The first-order valence-electron chi connectivity index (χ1n) is 5.54. The normalized spacial score (nSPS) is 21.0. The number of nitrogens with zero attached hydrogens (tertiary/aromatic N) is 2. The third-order valence-corrected chi connectivity index (χ3v) is 5.96. The minimum Gasteiger partial charge on any atom is -0.313 e. The lowest BCUT2D eigenvalue weighted by atomic mass is 10.3. The van der Waals surface area contributed by atoms with Gasteiger partial charge in [-0.1, -0.05) is 11.6 Å². The number of halogens is 2. The number of hydrogen-bond acceptors (Lipinski definition) is 4. The summed E-state index contributed by atoms with van der Waals surface area (Å²) in [4.78, 5) is 0.130. The molecular formula is C11H11BrClN3O2S. The molecule has 0 spiro atoms. The highest BCUT2D eigenvalue weighted by Crippen LogP contribution is 2.27. The Bertz CT molecular complexity index is 629. The lowest BCUT2D eigenvalue weighted by Gasteiger charge is -2.30. The van der Waals surface area contributed by atoms with Crippen molar-refractivity contribution in [3.05, 3.63) is 27.7 Å². The summed E-state index contributed by atoms with van der Waals surface area (Å²) in [6.45, 7) is 1.15. The van der Waals surface area contributed by atoms with E-state index in [0.29, 0.717) is 22.6 Å². The largest absolute Gasteiger partial charge is 0.313 e. The molecule has 5 nitrogen and oxygen atoms in total. The highest BCUT2D eigenvalue weighted by Gasteiger charge is 2.33. The van der Waals surface area contributed by atoms with Gasteiger partial charge in [0.05, 0.1) is 16.0 Å². The van der Waals surface area contributed by atoms with Gasteiger partial charge in [-0.2, -0.15) is 9.57 Å². The highest BCUT2D eigenvalue weighted by atomic mass is 79.9. The van der Waals surface area contributed by atoms with Crippen molar-refractivity contribution in [2.24, 2.45) is 0 Å². The lowest BCUT2D eigenvalue weighted by Crippen LogP contribution is -2.52. The minimum absolute atomic E-state index is 0.130. The van der Waals surface area contributed by atoms with E-state index in [-0.39, 0.29) is 11.4 Å². The molecule has 2 rings (SSSR count). The molecule has 1 aromatic carbocycles. The van der Waals surface area contributed by atoms with Gasteiger partial charge in [-0.15, -0.1) is 0 Å². The SMILES string of the molecule is N#CC1CNCCN1S(=O)(=O)c1ccc(Cl)c(Br)c1. The molecular weight excluding hydrogens is 354 g/mol. The number of benzene rings is 1. The molecule has 0 radical (unpaired) electrons. The maximum absolute atomic E-state index is 12.5. The zero-order valence-electron chi connectivity index (χ0n) is 9.81. The van der Waals surface area contributed by atoms with Crippen LogP contribution in [0.2, 0.25) is 5.02 Å². The van der Waals surface area contributed by atoms with Crippen molar-refractivity contribution in [3.63, 3.8) is 0 Å². The summed E-state index contributed by atoms with van der Waals surface area (Å²) >= 11 is 9.06. The van der Waals surface area contributed by atoms with E-state index in [4.69, 9.17) is 16.9 Å². The summed E-state index contributed by atoms with van der Waals surface area (Å²) in [7, 11) is -3.68. The monoisotopic (exact) mass is 363 g/mol. The molecule has 8 heteroatoms. The molecule has 1 fully saturated rings. The van der Waals surface area contributed by atoms with E-state index in [1.165, 1.54) is 22.5 Å². The van der Waals surface area contributed by atoms with Gasteiger partial charge in [-0.25, -0.2) is 8.42 Å². The van der Waals surface area contributed by atoms with Crippen LogP contribution in [0.1, 0.15) is 0 Å².